The van der Waals surface area contributed by atoms with Crippen molar-refractivity contribution in [3.05, 3.63) is 81.9 Å². The molecule has 0 aliphatic heterocycles. The van der Waals surface area contributed by atoms with Gasteiger partial charge in [0.05, 0.1) is 18.1 Å². The molecule has 3 aromatic rings. The molecule has 2 N–H and O–H groups in total. The summed E-state index contributed by atoms with van der Waals surface area (Å²) in [6.45, 7) is 0. The quantitative estimate of drug-likeness (QED) is 0.548. The molecular weight excluding hydrogens is 336 g/mol. The Morgan fingerprint density at radius 1 is 1.12 bits per heavy atom. The molecule has 0 aromatic heterocycles. The Morgan fingerprint density at radius 2 is 1.81 bits per heavy atom. The maximum Gasteiger partial charge on any atom is 0.407 e. The summed E-state index contributed by atoms with van der Waals surface area (Å²) in [6, 6.07) is 15.8. The van der Waals surface area contributed by atoms with Gasteiger partial charge in [0.25, 0.3) is 5.69 Å². The van der Waals surface area contributed by atoms with Gasteiger partial charge in [0.15, 0.2) is 0 Å². The minimum Gasteiger partial charge on any atom is -0.508 e. The minimum atomic E-state index is -0.741. The number of phenolic OH excluding ortho intramolecular Hbond substituents is 1. The smallest absolute Gasteiger partial charge is 0.407 e. The van der Waals surface area contributed by atoms with Crippen molar-refractivity contribution in [1.29, 1.82) is 0 Å². The average molecular weight is 352 g/mol. The number of nitro benzene ring substituents is 1. The Labute approximate surface area is 149 Å². The maximum atomic E-state index is 11.9. The van der Waals surface area contributed by atoms with Crippen LogP contribution in [0, 0.1) is 10.1 Å². The van der Waals surface area contributed by atoms with Crippen LogP contribution in [0.15, 0.2) is 60.7 Å². The summed E-state index contributed by atoms with van der Waals surface area (Å²) in [5, 5.41) is 25.7. The van der Waals surface area contributed by atoms with Crippen LogP contribution in [0.3, 0.4) is 0 Å². The topological polar surface area (TPSA) is 102 Å². The SMILES string of the molecule is COC(=O)NC(c1ccc([N+](=O)[O-])cc1)c1c(O)ccc2ccccc12. The van der Waals surface area contributed by atoms with E-state index in [0.717, 1.165) is 10.8 Å². The average Bonchev–Trinajstić information content (AvgIpc) is 2.66. The van der Waals surface area contributed by atoms with Crippen molar-refractivity contribution in [2.75, 3.05) is 7.11 Å². The molecule has 0 heterocycles. The van der Waals surface area contributed by atoms with E-state index in [1.54, 1.807) is 24.3 Å². The van der Waals surface area contributed by atoms with E-state index in [0.29, 0.717) is 11.1 Å². The first kappa shape index (κ1) is 17.2. The minimum absolute atomic E-state index is 0.00320. The van der Waals surface area contributed by atoms with E-state index in [1.165, 1.54) is 19.2 Å². The third kappa shape index (κ3) is 3.27. The first-order chi connectivity index (χ1) is 12.5. The van der Waals surface area contributed by atoms with E-state index in [-0.39, 0.29) is 11.4 Å². The molecule has 0 saturated carbocycles. The van der Waals surface area contributed by atoms with Gasteiger partial charge in [0, 0.05) is 17.7 Å². The molecule has 7 heteroatoms. The molecule has 0 aliphatic carbocycles. The third-order valence-corrected chi connectivity index (χ3v) is 4.12. The second-order valence-corrected chi connectivity index (χ2v) is 5.64. The molecule has 7 nitrogen and oxygen atoms in total. The molecule has 0 aliphatic rings. The molecule has 0 spiro atoms. The lowest BCUT2D eigenvalue weighted by atomic mass is 9.92. The summed E-state index contributed by atoms with van der Waals surface area (Å²) in [4.78, 5) is 22.3. The zero-order valence-electron chi connectivity index (χ0n) is 13.9. The molecule has 3 rings (SSSR count). The van der Waals surface area contributed by atoms with Crippen LogP contribution in [0.25, 0.3) is 10.8 Å². The largest absolute Gasteiger partial charge is 0.508 e. The maximum absolute atomic E-state index is 11.9. The summed E-state index contributed by atoms with van der Waals surface area (Å²) in [5.41, 5.74) is 1.00. The monoisotopic (exact) mass is 352 g/mol. The van der Waals surface area contributed by atoms with Crippen molar-refractivity contribution in [1.82, 2.24) is 5.32 Å². The van der Waals surface area contributed by atoms with Crippen molar-refractivity contribution < 1.29 is 19.6 Å². The number of rotatable bonds is 4. The first-order valence-corrected chi connectivity index (χ1v) is 7.80. The van der Waals surface area contributed by atoms with Crippen LogP contribution in [0.1, 0.15) is 17.2 Å². The number of nitrogens with one attached hydrogen (secondary N) is 1. The fraction of sp³-hybridized carbons (Fsp3) is 0.105. The molecule has 132 valence electrons. The van der Waals surface area contributed by atoms with Crippen molar-refractivity contribution in [3.63, 3.8) is 0 Å². The summed E-state index contributed by atoms with van der Waals surface area (Å²) in [6.07, 6.45) is -0.680. The van der Waals surface area contributed by atoms with Gasteiger partial charge in [-0.05, 0) is 34.5 Å². The fourth-order valence-electron chi connectivity index (χ4n) is 2.87. The molecule has 0 fully saturated rings. The Morgan fingerprint density at radius 3 is 2.46 bits per heavy atom. The van der Waals surface area contributed by atoms with Crippen molar-refractivity contribution >= 4 is 22.6 Å². The van der Waals surface area contributed by atoms with Crippen LogP contribution in [0.4, 0.5) is 10.5 Å². The van der Waals surface area contributed by atoms with E-state index < -0.39 is 17.1 Å². The molecule has 1 atom stereocenters. The van der Waals surface area contributed by atoms with Crippen LogP contribution in [0.5, 0.6) is 5.75 Å². The summed E-state index contributed by atoms with van der Waals surface area (Å²) < 4.78 is 4.70. The summed E-state index contributed by atoms with van der Waals surface area (Å²) >= 11 is 0. The normalized spacial score (nSPS) is 11.7. The van der Waals surface area contributed by atoms with Crippen molar-refractivity contribution in [3.8, 4) is 5.75 Å². The number of non-ortho nitro benzene ring substituents is 1. The predicted octanol–water partition coefficient (Wildman–Crippen LogP) is 3.90. The van der Waals surface area contributed by atoms with E-state index in [1.807, 2.05) is 24.3 Å². The number of amides is 1. The highest BCUT2D eigenvalue weighted by molar-refractivity contribution is 5.89. The van der Waals surface area contributed by atoms with Crippen LogP contribution in [-0.2, 0) is 4.74 Å². The number of aromatic hydroxyl groups is 1. The highest BCUT2D eigenvalue weighted by Crippen LogP contribution is 2.36. The number of hydrogen-bond acceptors (Lipinski definition) is 5. The Hall–Kier alpha value is -3.61. The van der Waals surface area contributed by atoms with E-state index in [9.17, 15) is 20.0 Å². The number of nitrogens with zero attached hydrogens (tertiary/aromatic N) is 1. The van der Waals surface area contributed by atoms with Crippen molar-refractivity contribution in [2.24, 2.45) is 0 Å². The van der Waals surface area contributed by atoms with E-state index in [2.05, 4.69) is 5.32 Å². The molecule has 1 amide bonds. The number of ether oxygens (including phenoxy) is 1. The number of benzene rings is 3. The number of nitro groups is 1. The van der Waals surface area contributed by atoms with Gasteiger partial charge in [-0.25, -0.2) is 4.79 Å². The van der Waals surface area contributed by atoms with Gasteiger partial charge in [-0.15, -0.1) is 0 Å². The molecule has 0 radical (unpaired) electrons. The predicted molar refractivity (Wildman–Crippen MR) is 96.1 cm³/mol. The molecule has 0 saturated heterocycles. The highest BCUT2D eigenvalue weighted by Gasteiger charge is 2.23. The zero-order chi connectivity index (χ0) is 18.7. The molecule has 26 heavy (non-hydrogen) atoms. The van der Waals surface area contributed by atoms with Gasteiger partial charge in [0.2, 0.25) is 0 Å². The summed E-state index contributed by atoms with van der Waals surface area (Å²) in [5.74, 6) is 0.00320. The fourth-order valence-corrected chi connectivity index (χ4v) is 2.87. The van der Waals surface area contributed by atoms with Gasteiger partial charge in [-0.3, -0.25) is 10.1 Å². The van der Waals surface area contributed by atoms with Crippen LogP contribution in [0.2, 0.25) is 0 Å². The number of carbonyl (C=O) groups is 1. The number of methoxy groups -OCH3 is 1. The van der Waals surface area contributed by atoms with E-state index >= 15 is 0 Å². The van der Waals surface area contributed by atoms with Gasteiger partial charge in [0.1, 0.15) is 5.75 Å². The second kappa shape index (κ2) is 7.10. The van der Waals surface area contributed by atoms with E-state index in [4.69, 9.17) is 4.74 Å². The van der Waals surface area contributed by atoms with Gasteiger partial charge < -0.3 is 15.2 Å². The number of carbonyl (C=O) groups excluding carboxylic acids is 1. The Bertz CT molecular complexity index is 969. The van der Waals surface area contributed by atoms with Crippen LogP contribution in [-0.4, -0.2) is 23.2 Å². The van der Waals surface area contributed by atoms with Gasteiger partial charge in [-0.1, -0.05) is 30.3 Å². The lowest BCUT2D eigenvalue weighted by Crippen LogP contribution is -2.29. The van der Waals surface area contributed by atoms with Crippen LogP contribution >= 0.6 is 0 Å². The lowest BCUT2D eigenvalue weighted by Gasteiger charge is -2.22. The molecule has 3 aromatic carbocycles. The summed E-state index contributed by atoms with van der Waals surface area (Å²) in [7, 11) is 1.24. The van der Waals surface area contributed by atoms with Crippen molar-refractivity contribution in [2.45, 2.75) is 6.04 Å². The third-order valence-electron chi connectivity index (χ3n) is 4.12. The van der Waals surface area contributed by atoms with Crippen LogP contribution < -0.4 is 5.32 Å². The Balaban J connectivity index is 2.17. The number of phenols is 1. The second-order valence-electron chi connectivity index (χ2n) is 5.64. The number of hydrogen-bond donors (Lipinski definition) is 2. The number of fused-ring (bicyclic) bond motifs is 1. The van der Waals surface area contributed by atoms with Gasteiger partial charge in [-0.2, -0.15) is 0 Å². The molecular formula is C19H16N2O5. The zero-order valence-corrected chi connectivity index (χ0v) is 13.9. The highest BCUT2D eigenvalue weighted by atomic mass is 16.6. The molecule has 1 unspecified atom stereocenters. The number of alkyl carbamates (subject to hydrolysis) is 1. The lowest BCUT2D eigenvalue weighted by molar-refractivity contribution is -0.384. The molecule has 0 bridgehead atoms. The standard InChI is InChI=1S/C19H16N2O5/c1-26-19(23)20-18(13-6-9-14(10-7-13)21(24)25)17-15-5-3-2-4-12(15)8-11-16(17)22/h2-11,18,22H,1H3,(H,20,23). The Kier molecular flexibility index (Phi) is 4.70. The van der Waals surface area contributed by atoms with Gasteiger partial charge >= 0.3 is 6.09 Å². The first-order valence-electron chi connectivity index (χ1n) is 7.80.